The summed E-state index contributed by atoms with van der Waals surface area (Å²) in [5, 5.41) is 10.5. The van der Waals surface area contributed by atoms with E-state index in [9.17, 15) is 13.2 Å². The second-order valence-electron chi connectivity index (χ2n) is 3.65. The Morgan fingerprint density at radius 2 is 2.12 bits per heavy atom. The number of aryl methyl sites for hydroxylation is 1. The van der Waals surface area contributed by atoms with Crippen molar-refractivity contribution in [2.24, 2.45) is 7.05 Å². The first kappa shape index (κ1) is 14.4. The van der Waals surface area contributed by atoms with Gasteiger partial charge in [-0.1, -0.05) is 12.1 Å². The van der Waals surface area contributed by atoms with E-state index in [1.807, 2.05) is 6.92 Å². The molecule has 0 amide bonds. The van der Waals surface area contributed by atoms with Crippen molar-refractivity contribution in [1.29, 1.82) is 0 Å². The van der Waals surface area contributed by atoms with Gasteiger partial charge < -0.3 is 5.32 Å². The second kappa shape index (κ2) is 5.81. The van der Waals surface area contributed by atoms with E-state index in [0.717, 1.165) is 0 Å². The molecule has 8 heteroatoms. The van der Waals surface area contributed by atoms with Crippen LogP contribution in [-0.2, 0) is 7.05 Å². The molecular weight excluding hydrogens is 301 g/mol. The average Bonchev–Trinajstić information content (AvgIpc) is 2.53. The lowest BCUT2D eigenvalue weighted by Gasteiger charge is -2.18. The van der Waals surface area contributed by atoms with Gasteiger partial charge in [-0.25, -0.2) is 4.68 Å². The lowest BCUT2D eigenvalue weighted by Crippen LogP contribution is -2.25. The number of aromatic nitrogens is 3. The molecule has 1 heterocycles. The molecule has 0 aliphatic heterocycles. The Labute approximate surface area is 106 Å². The van der Waals surface area contributed by atoms with Crippen molar-refractivity contribution < 1.29 is 13.2 Å². The number of hydrogen-bond donors (Lipinski definition) is 1. The van der Waals surface area contributed by atoms with Crippen LogP contribution in [0.15, 0.2) is 4.60 Å². The topological polar surface area (TPSA) is 42.7 Å². The zero-order valence-corrected chi connectivity index (χ0v) is 11.1. The highest BCUT2D eigenvalue weighted by Gasteiger charge is 2.30. The smallest absolute Gasteiger partial charge is 0.309 e. The van der Waals surface area contributed by atoms with Gasteiger partial charge in [0.1, 0.15) is 0 Å². The third-order valence-electron chi connectivity index (χ3n) is 2.32. The Morgan fingerprint density at radius 1 is 1.47 bits per heavy atom. The molecule has 1 unspecified atom stereocenters. The summed E-state index contributed by atoms with van der Waals surface area (Å²) in [4.78, 5) is 0. The second-order valence-corrected chi connectivity index (χ2v) is 4.40. The maximum absolute atomic E-state index is 12.2. The standard InChI is InChI=1S/C9H14BrF3N4/c1-3-14-6(4-5-9(11,12)13)7-8(10)15-16-17(7)2/h6,14H,3-5H2,1-2H3. The molecule has 1 aromatic rings. The molecule has 0 bridgehead atoms. The molecule has 0 radical (unpaired) electrons. The van der Waals surface area contributed by atoms with E-state index in [0.29, 0.717) is 16.8 Å². The Bertz CT molecular complexity index is 344. The number of rotatable bonds is 5. The van der Waals surface area contributed by atoms with Gasteiger partial charge in [-0.2, -0.15) is 13.2 Å². The lowest BCUT2D eigenvalue weighted by atomic mass is 10.1. The first-order chi connectivity index (χ1) is 7.85. The molecule has 17 heavy (non-hydrogen) atoms. The minimum atomic E-state index is -4.15. The maximum Gasteiger partial charge on any atom is 0.389 e. The molecule has 1 N–H and O–H groups in total. The third kappa shape index (κ3) is 4.27. The number of hydrogen-bond acceptors (Lipinski definition) is 3. The van der Waals surface area contributed by atoms with Crippen molar-refractivity contribution in [2.75, 3.05) is 6.54 Å². The largest absolute Gasteiger partial charge is 0.389 e. The molecular formula is C9H14BrF3N4. The van der Waals surface area contributed by atoms with Crippen LogP contribution in [0.1, 0.15) is 31.5 Å². The molecule has 0 saturated carbocycles. The van der Waals surface area contributed by atoms with Gasteiger partial charge in [-0.3, -0.25) is 0 Å². The predicted molar refractivity (Wildman–Crippen MR) is 60.4 cm³/mol. The van der Waals surface area contributed by atoms with Gasteiger partial charge in [0.2, 0.25) is 0 Å². The summed E-state index contributed by atoms with van der Waals surface area (Å²) in [5.74, 6) is 0. The van der Waals surface area contributed by atoms with Crippen molar-refractivity contribution in [1.82, 2.24) is 20.3 Å². The van der Waals surface area contributed by atoms with Crippen molar-refractivity contribution in [3.8, 4) is 0 Å². The van der Waals surface area contributed by atoms with Crippen LogP contribution in [0, 0.1) is 0 Å². The molecule has 0 aliphatic rings. The number of alkyl halides is 3. The Morgan fingerprint density at radius 3 is 2.53 bits per heavy atom. The molecule has 0 aliphatic carbocycles. The van der Waals surface area contributed by atoms with Crippen molar-refractivity contribution >= 4 is 15.9 Å². The molecule has 0 spiro atoms. The third-order valence-corrected chi connectivity index (χ3v) is 2.89. The molecule has 0 aromatic carbocycles. The zero-order valence-electron chi connectivity index (χ0n) is 9.55. The number of nitrogens with one attached hydrogen (secondary N) is 1. The van der Waals surface area contributed by atoms with Gasteiger partial charge in [0.15, 0.2) is 4.60 Å². The van der Waals surface area contributed by atoms with Crippen molar-refractivity contribution in [2.45, 2.75) is 32.0 Å². The van der Waals surface area contributed by atoms with E-state index in [-0.39, 0.29) is 6.42 Å². The van der Waals surface area contributed by atoms with Crippen LogP contribution in [-0.4, -0.2) is 27.7 Å². The molecule has 1 atom stereocenters. The van der Waals surface area contributed by atoms with E-state index < -0.39 is 18.6 Å². The van der Waals surface area contributed by atoms with E-state index in [1.54, 1.807) is 7.05 Å². The van der Waals surface area contributed by atoms with E-state index in [2.05, 4.69) is 31.6 Å². The fourth-order valence-electron chi connectivity index (χ4n) is 1.60. The summed E-state index contributed by atoms with van der Waals surface area (Å²) < 4.78 is 38.6. The highest BCUT2D eigenvalue weighted by atomic mass is 79.9. The van der Waals surface area contributed by atoms with Crippen LogP contribution < -0.4 is 5.32 Å². The minimum absolute atomic E-state index is 0.0306. The van der Waals surface area contributed by atoms with Gasteiger partial charge in [0.25, 0.3) is 0 Å². The highest BCUT2D eigenvalue weighted by Crippen LogP contribution is 2.29. The van der Waals surface area contributed by atoms with Crippen LogP contribution in [0.4, 0.5) is 13.2 Å². The molecule has 98 valence electrons. The number of nitrogens with zero attached hydrogens (tertiary/aromatic N) is 3. The van der Waals surface area contributed by atoms with E-state index in [4.69, 9.17) is 0 Å². The first-order valence-corrected chi connectivity index (χ1v) is 5.99. The van der Waals surface area contributed by atoms with Crippen LogP contribution in [0.25, 0.3) is 0 Å². The molecule has 0 fully saturated rings. The van der Waals surface area contributed by atoms with Crippen LogP contribution in [0.3, 0.4) is 0 Å². The summed E-state index contributed by atoms with van der Waals surface area (Å²) in [6.07, 6.45) is -5.01. The molecule has 1 aromatic heterocycles. The SMILES string of the molecule is CCNC(CCC(F)(F)F)c1c(Br)nnn1C. The quantitative estimate of drug-likeness (QED) is 0.908. The van der Waals surface area contributed by atoms with Gasteiger partial charge in [0, 0.05) is 13.5 Å². The van der Waals surface area contributed by atoms with Gasteiger partial charge in [0.05, 0.1) is 11.7 Å². The summed E-state index contributed by atoms with van der Waals surface area (Å²) in [6.45, 7) is 2.43. The monoisotopic (exact) mass is 314 g/mol. The summed E-state index contributed by atoms with van der Waals surface area (Å²) in [7, 11) is 1.66. The highest BCUT2D eigenvalue weighted by molar-refractivity contribution is 9.10. The summed E-state index contributed by atoms with van der Waals surface area (Å²) in [5.41, 5.74) is 0.635. The van der Waals surface area contributed by atoms with Crippen molar-refractivity contribution in [3.63, 3.8) is 0 Å². The molecule has 0 saturated heterocycles. The van der Waals surface area contributed by atoms with Crippen molar-refractivity contribution in [3.05, 3.63) is 10.3 Å². The fraction of sp³-hybridized carbons (Fsp3) is 0.778. The zero-order chi connectivity index (χ0) is 13.1. The summed E-state index contributed by atoms with van der Waals surface area (Å²) >= 11 is 3.19. The Kier molecular flexibility index (Phi) is 4.93. The Hall–Kier alpha value is -0.630. The normalized spacial score (nSPS) is 14.0. The van der Waals surface area contributed by atoms with E-state index >= 15 is 0 Å². The average molecular weight is 315 g/mol. The van der Waals surface area contributed by atoms with E-state index in [1.165, 1.54) is 4.68 Å². The van der Waals surface area contributed by atoms with Gasteiger partial charge in [-0.15, -0.1) is 5.10 Å². The maximum atomic E-state index is 12.2. The fourth-order valence-corrected chi connectivity index (χ4v) is 2.20. The number of halogens is 4. The summed E-state index contributed by atoms with van der Waals surface area (Å²) in [6, 6.07) is -0.406. The van der Waals surface area contributed by atoms with Crippen LogP contribution >= 0.6 is 15.9 Å². The minimum Gasteiger partial charge on any atom is -0.309 e. The Balaban J connectivity index is 2.79. The van der Waals surface area contributed by atoms with Gasteiger partial charge in [-0.05, 0) is 28.9 Å². The van der Waals surface area contributed by atoms with Crippen LogP contribution in [0.5, 0.6) is 0 Å². The predicted octanol–water partition coefficient (Wildman–Crippen LogP) is 2.57. The first-order valence-electron chi connectivity index (χ1n) is 5.20. The molecule has 1 rings (SSSR count). The lowest BCUT2D eigenvalue weighted by molar-refractivity contribution is -0.136. The molecule has 4 nitrogen and oxygen atoms in total. The van der Waals surface area contributed by atoms with Crippen LogP contribution in [0.2, 0.25) is 0 Å². The van der Waals surface area contributed by atoms with Gasteiger partial charge >= 0.3 is 6.18 Å².